The summed E-state index contributed by atoms with van der Waals surface area (Å²) in [6.07, 6.45) is 26.7. The Balaban J connectivity index is 3.11. The van der Waals surface area contributed by atoms with Crippen molar-refractivity contribution < 1.29 is 9.63 Å². The fourth-order valence-electron chi connectivity index (χ4n) is 3.13. The number of unbranched alkanes of at least 4 members (excludes halogenated alkanes) is 15. The van der Waals surface area contributed by atoms with Gasteiger partial charge in [-0.3, -0.25) is 4.84 Å². The van der Waals surface area contributed by atoms with Gasteiger partial charge in [-0.05, 0) is 32.1 Å². The van der Waals surface area contributed by atoms with Gasteiger partial charge in [0.15, 0.2) is 5.34 Å². The molecule has 4 nitrogen and oxygen atoms in total. The molecule has 0 saturated heterocycles. The van der Waals surface area contributed by atoms with E-state index < -0.39 is 5.97 Å². The van der Waals surface area contributed by atoms with Gasteiger partial charge in [-0.1, -0.05) is 96.1 Å². The lowest BCUT2D eigenvalue weighted by molar-refractivity contribution is -0.144. The molecular weight excluding hydrogens is 326 g/mol. The molecule has 0 spiro atoms. The third-order valence-electron chi connectivity index (χ3n) is 4.78. The van der Waals surface area contributed by atoms with Crippen LogP contribution >= 0.6 is 0 Å². The van der Waals surface area contributed by atoms with Gasteiger partial charge in [0.25, 0.3) is 0 Å². The zero-order valence-corrected chi connectivity index (χ0v) is 17.1. The van der Waals surface area contributed by atoms with Crippen LogP contribution in [-0.4, -0.2) is 5.97 Å². The van der Waals surface area contributed by atoms with Gasteiger partial charge in [0.05, 0.1) is 0 Å². The van der Waals surface area contributed by atoms with Crippen molar-refractivity contribution in [1.82, 2.24) is 0 Å². The van der Waals surface area contributed by atoms with Gasteiger partial charge in [0, 0.05) is 6.42 Å². The van der Waals surface area contributed by atoms with Gasteiger partial charge in [-0.25, -0.2) is 4.79 Å². The van der Waals surface area contributed by atoms with E-state index in [1.165, 1.54) is 89.9 Å². The van der Waals surface area contributed by atoms with Crippen LogP contribution in [0.1, 0.15) is 122 Å². The lowest BCUT2D eigenvalue weighted by atomic mass is 10.1. The molecule has 0 bridgehead atoms. The van der Waals surface area contributed by atoms with Crippen LogP contribution in [0.3, 0.4) is 0 Å². The fourth-order valence-corrected chi connectivity index (χ4v) is 3.13. The van der Waals surface area contributed by atoms with Crippen molar-refractivity contribution in [1.29, 1.82) is 0 Å². The van der Waals surface area contributed by atoms with Crippen molar-refractivity contribution in [2.75, 3.05) is 0 Å². The molecule has 0 unspecified atom stereocenters. The topological polar surface area (TPSA) is 55.7 Å². The van der Waals surface area contributed by atoms with Crippen LogP contribution in [0.2, 0.25) is 0 Å². The molecule has 26 heavy (non-hydrogen) atoms. The summed E-state index contributed by atoms with van der Waals surface area (Å²) in [6.45, 7) is 2.27. The summed E-state index contributed by atoms with van der Waals surface area (Å²) >= 11 is 0. The second kappa shape index (κ2) is 21.9. The number of rotatable bonds is 20. The minimum absolute atomic E-state index is 0.304. The molecule has 0 heterocycles. The quantitative estimate of drug-likeness (QED) is 0.0954. The minimum Gasteiger partial charge on any atom is -0.285 e. The zero-order chi connectivity index (χ0) is 19.1. The average molecular weight is 368 g/mol. The lowest BCUT2D eigenvalue weighted by Crippen LogP contribution is -1.98. The molecule has 0 atom stereocenters. The number of carbonyl (C=O) groups is 1. The van der Waals surface area contributed by atoms with Crippen molar-refractivity contribution in [2.45, 2.75) is 122 Å². The molecule has 0 radical (unpaired) electrons. The van der Waals surface area contributed by atoms with E-state index >= 15 is 0 Å². The molecule has 0 aromatic carbocycles. The van der Waals surface area contributed by atoms with Gasteiger partial charge in [-0.2, -0.15) is 0 Å². The summed E-state index contributed by atoms with van der Waals surface area (Å²) in [6, 6.07) is 0. The molecule has 4 heteroatoms. The maximum absolute atomic E-state index is 10.9. The first-order valence-corrected chi connectivity index (χ1v) is 11.0. The van der Waals surface area contributed by atoms with Crippen molar-refractivity contribution in [2.24, 2.45) is 5.34 Å². The van der Waals surface area contributed by atoms with Gasteiger partial charge in [-0.15, -0.1) is 4.91 Å². The molecule has 0 fully saturated rings. The molecule has 152 valence electrons. The zero-order valence-electron chi connectivity index (χ0n) is 17.1. The van der Waals surface area contributed by atoms with E-state index in [-0.39, 0.29) is 0 Å². The van der Waals surface area contributed by atoms with Crippen molar-refractivity contribution in [3.8, 4) is 0 Å². The fraction of sp³-hybridized carbons (Fsp3) is 0.864. The highest BCUT2D eigenvalue weighted by atomic mass is 16.7. The van der Waals surface area contributed by atoms with Crippen LogP contribution in [-0.2, 0) is 9.63 Å². The predicted molar refractivity (Wildman–Crippen MR) is 110 cm³/mol. The molecule has 0 aliphatic heterocycles. The second-order valence-electron chi connectivity index (χ2n) is 7.29. The number of hydrogen-bond donors (Lipinski definition) is 0. The summed E-state index contributed by atoms with van der Waals surface area (Å²) in [5.41, 5.74) is 0. The van der Waals surface area contributed by atoms with E-state index in [9.17, 15) is 9.70 Å². The smallest absolute Gasteiger partial charge is 0.285 e. The molecular formula is C22H41NO3. The SMILES string of the molecule is CCCCCCCC/C=C\CCCCCCCCCCCC(=O)ON=O. The maximum Gasteiger partial charge on any atom is 0.338 e. The van der Waals surface area contributed by atoms with Crippen molar-refractivity contribution >= 4 is 5.97 Å². The van der Waals surface area contributed by atoms with Crippen LogP contribution in [0.25, 0.3) is 0 Å². The second-order valence-corrected chi connectivity index (χ2v) is 7.29. The minimum atomic E-state index is -0.513. The van der Waals surface area contributed by atoms with Crippen LogP contribution in [0.5, 0.6) is 0 Å². The Morgan fingerprint density at radius 1 is 0.692 bits per heavy atom. The van der Waals surface area contributed by atoms with E-state index in [2.05, 4.69) is 29.3 Å². The number of carbonyl (C=O) groups excluding carboxylic acids is 1. The third-order valence-corrected chi connectivity index (χ3v) is 4.78. The highest BCUT2D eigenvalue weighted by Crippen LogP contribution is 2.12. The Labute approximate surface area is 161 Å². The van der Waals surface area contributed by atoms with Crippen molar-refractivity contribution in [3.63, 3.8) is 0 Å². The molecule has 0 aliphatic carbocycles. The largest absolute Gasteiger partial charge is 0.338 e. The van der Waals surface area contributed by atoms with Gasteiger partial charge in [0.2, 0.25) is 0 Å². The van der Waals surface area contributed by atoms with E-state index in [4.69, 9.17) is 0 Å². The van der Waals surface area contributed by atoms with Crippen LogP contribution in [0.15, 0.2) is 17.5 Å². The van der Waals surface area contributed by atoms with Crippen LogP contribution in [0.4, 0.5) is 0 Å². The van der Waals surface area contributed by atoms with Gasteiger partial charge >= 0.3 is 5.97 Å². The molecule has 0 aromatic heterocycles. The first-order chi connectivity index (χ1) is 12.8. The monoisotopic (exact) mass is 367 g/mol. The Hall–Kier alpha value is -1.19. The molecule has 0 saturated carbocycles. The maximum atomic E-state index is 10.9. The number of hydrogen-bond acceptors (Lipinski definition) is 4. The van der Waals surface area contributed by atoms with E-state index in [1.54, 1.807) is 0 Å². The summed E-state index contributed by atoms with van der Waals surface area (Å²) < 4.78 is 0. The summed E-state index contributed by atoms with van der Waals surface area (Å²) in [7, 11) is 0. The van der Waals surface area contributed by atoms with Crippen molar-refractivity contribution in [3.05, 3.63) is 17.1 Å². The standard InChI is InChI=1S/C22H41NO3/c1-2-3-4-5-6-7-8-9-10-11-12-13-14-15-16-17-18-19-20-21-22(24)26-23-25/h9-10H,2-8,11-21H2,1H3/b10-9-. The summed E-state index contributed by atoms with van der Waals surface area (Å²) in [5.74, 6) is -0.513. The normalized spacial score (nSPS) is 11.1. The summed E-state index contributed by atoms with van der Waals surface area (Å²) in [5, 5.41) is 2.13. The van der Waals surface area contributed by atoms with Crippen LogP contribution < -0.4 is 0 Å². The molecule has 0 aliphatic rings. The van der Waals surface area contributed by atoms with E-state index in [0.717, 1.165) is 19.3 Å². The molecule has 0 amide bonds. The van der Waals surface area contributed by atoms with Gasteiger partial charge < -0.3 is 0 Å². The summed E-state index contributed by atoms with van der Waals surface area (Å²) in [4.78, 5) is 24.6. The number of nitrogens with zero attached hydrogens (tertiary/aromatic N) is 1. The highest BCUT2D eigenvalue weighted by molar-refractivity contribution is 5.68. The average Bonchev–Trinajstić information content (AvgIpc) is 2.64. The molecule has 0 aromatic rings. The highest BCUT2D eigenvalue weighted by Gasteiger charge is 2.02. The Bertz CT molecular complexity index is 342. The number of allylic oxidation sites excluding steroid dienone is 2. The first-order valence-electron chi connectivity index (χ1n) is 11.0. The predicted octanol–water partition coefficient (Wildman–Crippen LogP) is 7.81. The van der Waals surface area contributed by atoms with Gasteiger partial charge in [0.1, 0.15) is 0 Å². The third kappa shape index (κ3) is 20.9. The van der Waals surface area contributed by atoms with E-state index in [1.807, 2.05) is 0 Å². The van der Waals surface area contributed by atoms with E-state index in [0.29, 0.717) is 6.42 Å². The van der Waals surface area contributed by atoms with Crippen LogP contribution in [0, 0.1) is 4.91 Å². The molecule has 0 rings (SSSR count). The first kappa shape index (κ1) is 24.8. The Kier molecular flexibility index (Phi) is 20.9. The Morgan fingerprint density at radius 3 is 1.58 bits per heavy atom. The molecule has 0 N–H and O–H groups in total. The lowest BCUT2D eigenvalue weighted by Gasteiger charge is -2.01. The Morgan fingerprint density at radius 2 is 1.12 bits per heavy atom.